The molecule has 5 amide bonds. The minimum Gasteiger partial charge on any atom is -0.481 e. The summed E-state index contributed by atoms with van der Waals surface area (Å²) >= 11 is 0. The lowest BCUT2D eigenvalue weighted by Crippen LogP contribution is -2.64. The largest absolute Gasteiger partial charge is 0.481 e. The summed E-state index contributed by atoms with van der Waals surface area (Å²) < 4.78 is 11.4. The Morgan fingerprint density at radius 1 is 0.738 bits per heavy atom. The number of esters is 2. The number of hydrogen-bond acceptors (Lipinski definition) is 16. The predicted octanol–water partition coefficient (Wildman–Crippen LogP) is 3.41. The minimum absolute atomic E-state index is 0.00320. The molecule has 3 aliphatic rings. The third kappa shape index (κ3) is 25.0. The third-order valence-corrected chi connectivity index (χ3v) is 14.2. The van der Waals surface area contributed by atoms with Gasteiger partial charge in [0.1, 0.15) is 35.4 Å². The molecule has 3 aliphatic heterocycles. The number of carbonyl (C=O) groups is 8. The molecule has 9 N–H and O–H groups in total. The van der Waals surface area contributed by atoms with Crippen LogP contribution >= 0.6 is 0 Å². The molecule has 3 saturated heterocycles. The van der Waals surface area contributed by atoms with Crippen LogP contribution in [0.5, 0.6) is 0 Å². The topological polar surface area (TPSA) is 304 Å². The zero-order chi connectivity index (χ0) is 60.7. The predicted molar refractivity (Wildman–Crippen MR) is 304 cm³/mol. The fourth-order valence-electron chi connectivity index (χ4n) is 11.2. The summed E-state index contributed by atoms with van der Waals surface area (Å²) in [6.07, 6.45) is 1.79. The maximum atomic E-state index is 15.0. The lowest BCUT2D eigenvalue weighted by Gasteiger charge is -2.44. The first-order valence-electron chi connectivity index (χ1n) is 28.8. The van der Waals surface area contributed by atoms with E-state index in [9.17, 15) is 48.7 Å². The monoisotopic (exact) mass is 1130 g/mol. The number of fused-ring (bicyclic) bond motifs is 1. The molecule has 8 atom stereocenters. The molecule has 3 heterocycles. The Morgan fingerprint density at radius 3 is 1.80 bits per heavy atom. The number of hydrogen-bond donors (Lipinski definition) is 9. The molecule has 3 fully saturated rings. The SMILES string of the molecule is CC(=N)NCCC[C@@H]1NC(=O)[C@@H]2CC[C@H]3C[C@@H](CC(CC[C@H](N(CCN(CC(=O)OC(C)(C)C)CC(=O)OC(C)(C)C)CCN(CC(C)(C)C)CC(C)(C)C)C(C)(C)C)NO)[C@@H](NC(=O)[C@H](CC(=O)O)NC(=O)CNC1=O)C(=O)N32. The Hall–Kier alpha value is -4.97. The quantitative estimate of drug-likeness (QED) is 0.0208. The summed E-state index contributed by atoms with van der Waals surface area (Å²) in [5.74, 6) is -6.40. The molecule has 0 aliphatic carbocycles. The van der Waals surface area contributed by atoms with Gasteiger partial charge in [-0.05, 0) is 122 Å². The summed E-state index contributed by atoms with van der Waals surface area (Å²) in [5, 5.41) is 41.9. The van der Waals surface area contributed by atoms with E-state index >= 15 is 0 Å². The summed E-state index contributed by atoms with van der Waals surface area (Å²) in [5.41, 5.74) is 0.649. The molecule has 1 unspecified atom stereocenters. The number of aliphatic carboxylic acids is 1. The highest BCUT2D eigenvalue weighted by Crippen LogP contribution is 2.39. The van der Waals surface area contributed by atoms with Crippen molar-refractivity contribution in [1.82, 2.24) is 51.7 Å². The maximum absolute atomic E-state index is 15.0. The summed E-state index contributed by atoms with van der Waals surface area (Å²) in [4.78, 5) is 117. The Balaban J connectivity index is 2.06. The first kappa shape index (κ1) is 69.3. The van der Waals surface area contributed by atoms with Crippen molar-refractivity contribution in [3.8, 4) is 0 Å². The molecule has 23 heteroatoms. The fourth-order valence-corrected chi connectivity index (χ4v) is 11.2. The summed E-state index contributed by atoms with van der Waals surface area (Å²) in [6.45, 7) is 35.3. The van der Waals surface area contributed by atoms with Crippen LogP contribution in [0.4, 0.5) is 0 Å². The van der Waals surface area contributed by atoms with E-state index in [1.165, 1.54) is 4.90 Å². The molecule has 0 saturated carbocycles. The van der Waals surface area contributed by atoms with Crippen molar-refractivity contribution in [2.75, 3.05) is 65.4 Å². The van der Waals surface area contributed by atoms with Gasteiger partial charge in [-0.25, -0.2) is 5.48 Å². The first-order chi connectivity index (χ1) is 36.7. The zero-order valence-corrected chi connectivity index (χ0v) is 51.3. The van der Waals surface area contributed by atoms with E-state index in [-0.39, 0.29) is 60.5 Å². The van der Waals surface area contributed by atoms with Crippen LogP contribution in [0, 0.1) is 27.6 Å². The van der Waals surface area contributed by atoms with E-state index in [2.05, 4.69) is 104 Å². The number of hydroxylamine groups is 1. The van der Waals surface area contributed by atoms with Crippen LogP contribution in [-0.2, 0) is 47.8 Å². The number of nitrogens with one attached hydrogen (secondary N) is 7. The second kappa shape index (κ2) is 29.8. The number of amidine groups is 1. The van der Waals surface area contributed by atoms with Gasteiger partial charge in [0.25, 0.3) is 0 Å². The molecule has 0 aromatic heterocycles. The average Bonchev–Trinajstić information content (AvgIpc) is 3.71. The van der Waals surface area contributed by atoms with Crippen molar-refractivity contribution in [3.05, 3.63) is 0 Å². The van der Waals surface area contributed by atoms with Crippen LogP contribution in [0.25, 0.3) is 0 Å². The Bertz CT molecular complexity index is 2080. The van der Waals surface area contributed by atoms with Gasteiger partial charge in [0, 0.05) is 63.9 Å². The van der Waals surface area contributed by atoms with Crippen molar-refractivity contribution in [1.29, 1.82) is 5.41 Å². The molecule has 2 bridgehead atoms. The number of piperidine rings is 1. The minimum atomic E-state index is -1.63. The molecule has 3 rings (SSSR count). The Morgan fingerprint density at radius 2 is 1.30 bits per heavy atom. The van der Waals surface area contributed by atoms with Crippen LogP contribution in [0.1, 0.15) is 169 Å². The number of carboxylic acid groups (broad SMARTS) is 1. The highest BCUT2D eigenvalue weighted by molar-refractivity contribution is 5.98. The standard InChI is InChI=1S/C57H103N11O12/c1-36(58)59-23-17-18-40-49(74)60-31-44(69)61-41(30-45(70)71)50(75)63-48-37(29-39-20-21-42(51(76)62-40)68(39)52(48)77)28-38(64-78)19-22-43(55(8,9)10)67(27-25-66(34-53(2,3)4)35-54(5,6)7)26-24-65(32-46(72)79-56(11,12)13)33-47(73)80-57(14,15)16/h37-43,48,64,78H,17-35H2,1-16H3,(H2,58,59)(H,60,74)(H,61,69)(H,62,76)(H,63,75)(H,70,71)/t37-,38?,39+,40+,41+,42+,43+,48-/m1/s1. The molecule has 0 radical (unpaired) electrons. The van der Waals surface area contributed by atoms with Crippen molar-refractivity contribution in [2.24, 2.45) is 22.2 Å². The number of amides is 5. The van der Waals surface area contributed by atoms with E-state index in [1.807, 2.05) is 0 Å². The van der Waals surface area contributed by atoms with Gasteiger partial charge in [0.2, 0.25) is 29.5 Å². The molecule has 80 heavy (non-hydrogen) atoms. The van der Waals surface area contributed by atoms with E-state index in [0.717, 1.165) is 13.1 Å². The van der Waals surface area contributed by atoms with Crippen molar-refractivity contribution in [2.45, 2.75) is 222 Å². The van der Waals surface area contributed by atoms with Crippen LogP contribution in [0.15, 0.2) is 0 Å². The van der Waals surface area contributed by atoms with Crippen molar-refractivity contribution < 1.29 is 58.1 Å². The number of carbonyl (C=O) groups excluding carboxylic acids is 7. The van der Waals surface area contributed by atoms with Crippen LogP contribution in [0.2, 0.25) is 0 Å². The van der Waals surface area contributed by atoms with Crippen LogP contribution < -0.4 is 32.1 Å². The molecular weight excluding hydrogens is 1030 g/mol. The third-order valence-electron chi connectivity index (χ3n) is 14.2. The van der Waals surface area contributed by atoms with Crippen LogP contribution in [0.3, 0.4) is 0 Å². The lowest BCUT2D eigenvalue weighted by molar-refractivity contribution is -0.160. The van der Waals surface area contributed by atoms with Gasteiger partial charge < -0.3 is 56.2 Å². The normalized spacial score (nSPS) is 22.6. The zero-order valence-electron chi connectivity index (χ0n) is 51.3. The average molecular weight is 1130 g/mol. The van der Waals surface area contributed by atoms with E-state index < -0.39 is 114 Å². The number of ether oxygens (including phenoxy) is 2. The summed E-state index contributed by atoms with van der Waals surface area (Å²) in [7, 11) is 0. The first-order valence-corrected chi connectivity index (χ1v) is 28.8. The van der Waals surface area contributed by atoms with E-state index in [0.29, 0.717) is 64.8 Å². The smallest absolute Gasteiger partial charge is 0.320 e. The Kier molecular flexibility index (Phi) is 25.8. The summed E-state index contributed by atoms with van der Waals surface area (Å²) in [6, 6.07) is -6.26. The van der Waals surface area contributed by atoms with Crippen molar-refractivity contribution >= 4 is 53.3 Å². The number of nitrogens with zero attached hydrogens (tertiary/aromatic N) is 4. The number of rotatable bonds is 25. The van der Waals surface area contributed by atoms with Gasteiger partial charge in [-0.2, -0.15) is 0 Å². The van der Waals surface area contributed by atoms with Crippen LogP contribution in [-0.4, -0.2) is 202 Å². The second-order valence-corrected chi connectivity index (χ2v) is 27.9. The highest BCUT2D eigenvalue weighted by Gasteiger charge is 2.51. The van der Waals surface area contributed by atoms with Gasteiger partial charge >= 0.3 is 17.9 Å². The molecule has 0 spiro atoms. The molecule has 23 nitrogen and oxygen atoms in total. The molecular formula is C57H103N11O12. The van der Waals surface area contributed by atoms with Gasteiger partial charge in [0.05, 0.1) is 31.9 Å². The second-order valence-electron chi connectivity index (χ2n) is 27.9. The van der Waals surface area contributed by atoms with Crippen molar-refractivity contribution in [3.63, 3.8) is 0 Å². The highest BCUT2D eigenvalue weighted by atomic mass is 16.6. The van der Waals surface area contributed by atoms with Gasteiger partial charge in [-0.15, -0.1) is 0 Å². The van der Waals surface area contributed by atoms with Gasteiger partial charge in [-0.1, -0.05) is 62.3 Å². The Labute approximate surface area is 476 Å². The molecule has 0 aromatic carbocycles. The van der Waals surface area contributed by atoms with Gasteiger partial charge in [0.15, 0.2) is 0 Å². The fraction of sp³-hybridized carbons (Fsp3) is 0.842. The van der Waals surface area contributed by atoms with Gasteiger partial charge in [-0.3, -0.25) is 53.6 Å². The maximum Gasteiger partial charge on any atom is 0.320 e. The van der Waals surface area contributed by atoms with E-state index in [4.69, 9.17) is 14.9 Å². The lowest BCUT2D eigenvalue weighted by atomic mass is 9.78. The van der Waals surface area contributed by atoms with E-state index in [1.54, 1.807) is 53.4 Å². The molecule has 0 aromatic rings. The molecule has 458 valence electrons. The number of carboxylic acids is 1.